The maximum atomic E-state index is 14.0. The van der Waals surface area contributed by atoms with E-state index in [0.717, 1.165) is 24.0 Å². The van der Waals surface area contributed by atoms with Gasteiger partial charge in [0.2, 0.25) is 17.7 Å². The molecule has 2 heterocycles. The Bertz CT molecular complexity index is 1180. The molecule has 1 unspecified atom stereocenters. The van der Waals surface area contributed by atoms with Crippen LogP contribution >= 0.6 is 23.2 Å². The number of halogens is 2. The minimum atomic E-state index is -1.12. The van der Waals surface area contributed by atoms with Crippen molar-refractivity contribution in [1.29, 1.82) is 0 Å². The molecule has 4 rings (SSSR count). The molecule has 0 spiro atoms. The molecule has 1 saturated heterocycles. The molecule has 2 aromatic rings. The smallest absolute Gasteiger partial charge is 0.249 e. The van der Waals surface area contributed by atoms with Crippen LogP contribution in [0.25, 0.3) is 0 Å². The number of hydrogen-bond acceptors (Lipinski definition) is 4. The summed E-state index contributed by atoms with van der Waals surface area (Å²) in [7, 11) is 0. The highest BCUT2D eigenvalue weighted by molar-refractivity contribution is 6.31. The van der Waals surface area contributed by atoms with E-state index in [4.69, 9.17) is 28.9 Å². The summed E-state index contributed by atoms with van der Waals surface area (Å²) in [5, 5.41) is 4.16. The molecule has 1 fully saturated rings. The lowest BCUT2D eigenvalue weighted by Gasteiger charge is -2.45. The topological polar surface area (TPSA) is 95.7 Å². The molecular formula is C28H34Cl2N4O3. The molecule has 0 saturated carbocycles. The second-order valence-electron chi connectivity index (χ2n) is 9.97. The van der Waals surface area contributed by atoms with Crippen molar-refractivity contribution in [1.82, 2.24) is 9.80 Å². The van der Waals surface area contributed by atoms with Crippen LogP contribution in [-0.2, 0) is 26.3 Å². The number of nitrogens with two attached hydrogens (primary N) is 1. The van der Waals surface area contributed by atoms with Gasteiger partial charge in [0.15, 0.2) is 0 Å². The van der Waals surface area contributed by atoms with Crippen molar-refractivity contribution in [3.05, 3.63) is 63.6 Å². The lowest BCUT2D eigenvalue weighted by Crippen LogP contribution is -2.59. The van der Waals surface area contributed by atoms with Gasteiger partial charge in [-0.25, -0.2) is 0 Å². The maximum absolute atomic E-state index is 14.0. The summed E-state index contributed by atoms with van der Waals surface area (Å²) >= 11 is 12.6. The maximum Gasteiger partial charge on any atom is 0.249 e. The van der Waals surface area contributed by atoms with Crippen molar-refractivity contribution >= 4 is 46.6 Å². The molecule has 0 bridgehead atoms. The molecule has 37 heavy (non-hydrogen) atoms. The van der Waals surface area contributed by atoms with E-state index in [1.54, 1.807) is 23.1 Å². The predicted octanol–water partition coefficient (Wildman–Crippen LogP) is 4.60. The number of nitrogens with one attached hydrogen (secondary N) is 1. The molecule has 3 amide bonds. The molecule has 3 N–H and O–H groups in total. The highest BCUT2D eigenvalue weighted by Gasteiger charge is 2.53. The Hall–Kier alpha value is -2.61. The van der Waals surface area contributed by atoms with Gasteiger partial charge in [-0.1, -0.05) is 55.2 Å². The fraction of sp³-hybridized carbons (Fsp3) is 0.464. The van der Waals surface area contributed by atoms with Crippen LogP contribution in [0.1, 0.15) is 50.7 Å². The monoisotopic (exact) mass is 544 g/mol. The van der Waals surface area contributed by atoms with E-state index >= 15 is 0 Å². The van der Waals surface area contributed by atoms with Gasteiger partial charge < -0.3 is 16.0 Å². The van der Waals surface area contributed by atoms with Gasteiger partial charge >= 0.3 is 0 Å². The van der Waals surface area contributed by atoms with Gasteiger partial charge in [0, 0.05) is 52.8 Å². The Morgan fingerprint density at radius 1 is 1.11 bits per heavy atom. The van der Waals surface area contributed by atoms with E-state index in [9.17, 15) is 14.4 Å². The molecule has 0 radical (unpaired) electrons. The van der Waals surface area contributed by atoms with Gasteiger partial charge in [-0.3, -0.25) is 19.3 Å². The summed E-state index contributed by atoms with van der Waals surface area (Å²) in [5.74, 6) is -0.762. The zero-order valence-corrected chi connectivity index (χ0v) is 22.8. The first-order chi connectivity index (χ1) is 17.7. The molecule has 9 heteroatoms. The van der Waals surface area contributed by atoms with Crippen molar-refractivity contribution in [3.8, 4) is 0 Å². The highest BCUT2D eigenvalue weighted by atomic mass is 35.5. The minimum absolute atomic E-state index is 0.0290. The third kappa shape index (κ3) is 5.49. The molecule has 1 atom stereocenters. The fourth-order valence-electron chi connectivity index (χ4n) is 5.80. The Labute approximate surface area is 228 Å². The van der Waals surface area contributed by atoms with Crippen molar-refractivity contribution in [2.45, 2.75) is 57.5 Å². The van der Waals surface area contributed by atoms with Crippen LogP contribution in [0.15, 0.2) is 42.5 Å². The number of rotatable bonds is 9. The molecule has 7 nitrogen and oxygen atoms in total. The van der Waals surface area contributed by atoms with E-state index < -0.39 is 5.54 Å². The Balaban J connectivity index is 1.76. The van der Waals surface area contributed by atoms with Gasteiger partial charge in [-0.15, -0.1) is 0 Å². The minimum Gasteiger partial charge on any atom is -0.369 e. The van der Waals surface area contributed by atoms with Crippen LogP contribution < -0.4 is 11.1 Å². The Morgan fingerprint density at radius 3 is 2.41 bits per heavy atom. The number of carbonyl (C=O) groups is 3. The van der Waals surface area contributed by atoms with E-state index in [-0.39, 0.29) is 36.2 Å². The average molecular weight is 546 g/mol. The molecule has 0 aliphatic carbocycles. The van der Waals surface area contributed by atoms with Gasteiger partial charge in [-0.05, 0) is 55.5 Å². The van der Waals surface area contributed by atoms with Crippen molar-refractivity contribution in [2.24, 2.45) is 11.7 Å². The van der Waals surface area contributed by atoms with E-state index in [2.05, 4.69) is 24.1 Å². The predicted molar refractivity (Wildman–Crippen MR) is 146 cm³/mol. The summed E-state index contributed by atoms with van der Waals surface area (Å²) in [6, 6.07) is 12.9. The molecule has 0 aromatic heterocycles. The normalized spacial score (nSPS) is 19.8. The first-order valence-corrected chi connectivity index (χ1v) is 13.6. The van der Waals surface area contributed by atoms with Crippen LogP contribution in [-0.4, -0.2) is 53.2 Å². The van der Waals surface area contributed by atoms with Gasteiger partial charge in [0.05, 0.1) is 6.54 Å². The number of fused-ring (bicyclic) bond motifs is 1. The fourth-order valence-corrected chi connectivity index (χ4v) is 6.18. The summed E-state index contributed by atoms with van der Waals surface area (Å²) in [5.41, 5.74) is 6.72. The van der Waals surface area contributed by atoms with E-state index in [1.165, 1.54) is 0 Å². The first-order valence-electron chi connectivity index (χ1n) is 12.9. The summed E-state index contributed by atoms with van der Waals surface area (Å²) in [6.07, 6.45) is 2.99. The number of primary amides is 1. The number of anilines is 1. The average Bonchev–Trinajstić information content (AvgIpc) is 3.14. The third-order valence-electron chi connectivity index (χ3n) is 7.83. The van der Waals surface area contributed by atoms with Gasteiger partial charge in [0.25, 0.3) is 0 Å². The zero-order chi connectivity index (χ0) is 26.7. The summed E-state index contributed by atoms with van der Waals surface area (Å²) < 4.78 is 0. The standard InChI is InChI=1S/C28H34Cl2N4O3/c1-3-22(4-2)34(17-25(35)33-12-10-19(11-13-33)26(31)36)28(16-18-6-5-7-20(29)14-18)23-9-8-21(30)15-24(23)32-27(28)37/h5-9,14-15,19,22H,3-4,10-13,16-17H2,1-2H3,(H2,31,36)(H,32,37). The van der Waals surface area contributed by atoms with Crippen molar-refractivity contribution in [2.75, 3.05) is 25.0 Å². The molecule has 198 valence electrons. The van der Waals surface area contributed by atoms with E-state index in [1.807, 2.05) is 24.3 Å². The molecule has 2 aromatic carbocycles. The van der Waals surface area contributed by atoms with E-state index in [0.29, 0.717) is 48.1 Å². The number of benzene rings is 2. The Kier molecular flexibility index (Phi) is 8.46. The van der Waals surface area contributed by atoms with Gasteiger partial charge in [0.1, 0.15) is 5.54 Å². The molecular weight excluding hydrogens is 511 g/mol. The number of hydrogen-bond donors (Lipinski definition) is 2. The van der Waals surface area contributed by atoms with Crippen molar-refractivity contribution in [3.63, 3.8) is 0 Å². The number of likely N-dealkylation sites (tertiary alicyclic amines) is 1. The molecule has 2 aliphatic rings. The van der Waals surface area contributed by atoms with Crippen LogP contribution in [0.3, 0.4) is 0 Å². The lowest BCUT2D eigenvalue weighted by molar-refractivity contribution is -0.142. The third-order valence-corrected chi connectivity index (χ3v) is 8.30. The van der Waals surface area contributed by atoms with Crippen LogP contribution in [0.4, 0.5) is 5.69 Å². The number of amides is 3. The van der Waals surface area contributed by atoms with Crippen LogP contribution in [0, 0.1) is 5.92 Å². The van der Waals surface area contributed by atoms with Crippen LogP contribution in [0.5, 0.6) is 0 Å². The summed E-state index contributed by atoms with van der Waals surface area (Å²) in [4.78, 5) is 43.2. The van der Waals surface area contributed by atoms with Crippen LogP contribution in [0.2, 0.25) is 10.0 Å². The first kappa shape index (κ1) is 27.4. The Morgan fingerprint density at radius 2 is 1.78 bits per heavy atom. The number of nitrogens with zero attached hydrogens (tertiary/aromatic N) is 2. The second kappa shape index (κ2) is 11.4. The number of carbonyl (C=O) groups excluding carboxylic acids is 3. The second-order valence-corrected chi connectivity index (χ2v) is 10.8. The lowest BCUT2D eigenvalue weighted by atomic mass is 9.81. The zero-order valence-electron chi connectivity index (χ0n) is 21.3. The SMILES string of the molecule is CCC(CC)N(CC(=O)N1CCC(C(N)=O)CC1)C1(Cc2cccc(Cl)c2)C(=O)Nc2cc(Cl)ccc21. The van der Waals surface area contributed by atoms with Crippen molar-refractivity contribution < 1.29 is 14.4 Å². The quantitative estimate of drug-likeness (QED) is 0.482. The highest BCUT2D eigenvalue weighted by Crippen LogP contribution is 2.45. The summed E-state index contributed by atoms with van der Waals surface area (Å²) in [6.45, 7) is 5.18. The molecule has 2 aliphatic heterocycles. The van der Waals surface area contributed by atoms with Gasteiger partial charge in [-0.2, -0.15) is 0 Å². The largest absolute Gasteiger partial charge is 0.369 e. The number of piperidine rings is 1.